The van der Waals surface area contributed by atoms with Crippen LogP contribution in [0.5, 0.6) is 0 Å². The molecule has 1 aromatic heterocycles. The monoisotopic (exact) mass is 349 g/mol. The van der Waals surface area contributed by atoms with Crippen LogP contribution in [0.4, 0.5) is 0 Å². The molecule has 0 spiro atoms. The van der Waals surface area contributed by atoms with E-state index in [0.717, 1.165) is 32.5 Å². The standard InChI is InChI=1S/C15H13BrClN3/c1-20-14-6-9(8-18)2-5-13(14)19-15(20)11-7-10(17)3-4-12(11)16/h2-7H,8,18H2,1H3. The Kier molecular flexibility index (Phi) is 3.54. The van der Waals surface area contributed by atoms with E-state index >= 15 is 0 Å². The Morgan fingerprint density at radius 1 is 1.25 bits per heavy atom. The number of rotatable bonds is 2. The van der Waals surface area contributed by atoms with E-state index in [0.29, 0.717) is 11.6 Å². The van der Waals surface area contributed by atoms with E-state index in [1.165, 1.54) is 0 Å². The highest BCUT2D eigenvalue weighted by molar-refractivity contribution is 9.10. The molecule has 3 nitrogen and oxygen atoms in total. The topological polar surface area (TPSA) is 43.8 Å². The first kappa shape index (κ1) is 13.6. The van der Waals surface area contributed by atoms with E-state index in [1.807, 2.05) is 37.4 Å². The van der Waals surface area contributed by atoms with Crippen LogP contribution in [0.2, 0.25) is 5.02 Å². The van der Waals surface area contributed by atoms with Crippen molar-refractivity contribution in [1.82, 2.24) is 9.55 Å². The van der Waals surface area contributed by atoms with Crippen LogP contribution in [0.3, 0.4) is 0 Å². The van der Waals surface area contributed by atoms with Crippen molar-refractivity contribution >= 4 is 38.6 Å². The van der Waals surface area contributed by atoms with Crippen LogP contribution in [0.15, 0.2) is 40.9 Å². The number of fused-ring (bicyclic) bond motifs is 1. The van der Waals surface area contributed by atoms with E-state index in [-0.39, 0.29) is 0 Å². The summed E-state index contributed by atoms with van der Waals surface area (Å²) in [6.45, 7) is 0.525. The molecule has 0 aliphatic carbocycles. The maximum atomic E-state index is 6.09. The van der Waals surface area contributed by atoms with Crippen LogP contribution in [0.1, 0.15) is 5.56 Å². The van der Waals surface area contributed by atoms with E-state index in [4.69, 9.17) is 22.3 Å². The number of nitrogens with two attached hydrogens (primary N) is 1. The van der Waals surface area contributed by atoms with Gasteiger partial charge in [0.25, 0.3) is 0 Å². The molecule has 3 rings (SSSR count). The molecule has 102 valence electrons. The van der Waals surface area contributed by atoms with Crippen LogP contribution in [0.25, 0.3) is 22.4 Å². The summed E-state index contributed by atoms with van der Waals surface area (Å²) in [4.78, 5) is 4.69. The Morgan fingerprint density at radius 2 is 2.05 bits per heavy atom. The van der Waals surface area contributed by atoms with Crippen LogP contribution in [-0.2, 0) is 13.6 Å². The van der Waals surface area contributed by atoms with Crippen molar-refractivity contribution in [3.05, 3.63) is 51.5 Å². The first-order valence-electron chi connectivity index (χ1n) is 6.21. The summed E-state index contributed by atoms with van der Waals surface area (Å²) in [6.07, 6.45) is 0. The second-order valence-corrected chi connectivity index (χ2v) is 5.94. The molecule has 0 saturated heterocycles. The molecular formula is C15H13BrClN3. The van der Waals surface area contributed by atoms with Gasteiger partial charge in [-0.3, -0.25) is 0 Å². The van der Waals surface area contributed by atoms with Crippen molar-refractivity contribution in [2.24, 2.45) is 12.8 Å². The minimum Gasteiger partial charge on any atom is -0.327 e. The lowest BCUT2D eigenvalue weighted by Gasteiger charge is -2.06. The average molecular weight is 351 g/mol. The average Bonchev–Trinajstić information content (AvgIpc) is 2.78. The first-order chi connectivity index (χ1) is 9.60. The second-order valence-electron chi connectivity index (χ2n) is 4.65. The molecule has 1 heterocycles. The summed E-state index contributed by atoms with van der Waals surface area (Å²) in [7, 11) is 2.00. The third kappa shape index (κ3) is 2.24. The van der Waals surface area contributed by atoms with E-state index in [1.54, 1.807) is 0 Å². The Hall–Kier alpha value is -1.36. The molecule has 2 N–H and O–H groups in total. The molecule has 3 aromatic rings. The van der Waals surface area contributed by atoms with E-state index < -0.39 is 0 Å². The minimum absolute atomic E-state index is 0.525. The molecule has 0 aliphatic rings. The highest BCUT2D eigenvalue weighted by Crippen LogP contribution is 2.32. The van der Waals surface area contributed by atoms with Crippen molar-refractivity contribution in [2.75, 3.05) is 0 Å². The van der Waals surface area contributed by atoms with Crippen molar-refractivity contribution in [1.29, 1.82) is 0 Å². The van der Waals surface area contributed by atoms with Gasteiger partial charge in [-0.05, 0) is 35.9 Å². The Labute approximate surface area is 130 Å². The highest BCUT2D eigenvalue weighted by Gasteiger charge is 2.13. The SMILES string of the molecule is Cn1c(-c2cc(Cl)ccc2Br)nc2ccc(CN)cc21. The lowest BCUT2D eigenvalue weighted by molar-refractivity contribution is 0.955. The van der Waals surface area contributed by atoms with Gasteiger partial charge in [0.15, 0.2) is 0 Å². The van der Waals surface area contributed by atoms with Gasteiger partial charge >= 0.3 is 0 Å². The van der Waals surface area contributed by atoms with Gasteiger partial charge in [0.05, 0.1) is 11.0 Å². The van der Waals surface area contributed by atoms with Gasteiger partial charge in [0, 0.05) is 28.7 Å². The summed E-state index contributed by atoms with van der Waals surface area (Å²) in [5.74, 6) is 0.878. The smallest absolute Gasteiger partial charge is 0.142 e. The van der Waals surface area contributed by atoms with Gasteiger partial charge in [0.2, 0.25) is 0 Å². The van der Waals surface area contributed by atoms with Gasteiger partial charge in [0.1, 0.15) is 5.82 Å². The summed E-state index contributed by atoms with van der Waals surface area (Å²) in [5, 5.41) is 0.693. The fraction of sp³-hybridized carbons (Fsp3) is 0.133. The fourth-order valence-corrected chi connectivity index (χ4v) is 2.87. The zero-order valence-corrected chi connectivity index (χ0v) is 13.2. The van der Waals surface area contributed by atoms with Crippen LogP contribution >= 0.6 is 27.5 Å². The lowest BCUT2D eigenvalue weighted by atomic mass is 10.2. The number of hydrogen-bond acceptors (Lipinski definition) is 2. The van der Waals surface area contributed by atoms with E-state index in [2.05, 4.69) is 26.6 Å². The van der Waals surface area contributed by atoms with Gasteiger partial charge in [-0.2, -0.15) is 0 Å². The third-order valence-corrected chi connectivity index (χ3v) is 4.28. The largest absolute Gasteiger partial charge is 0.327 e. The molecule has 0 unspecified atom stereocenters. The highest BCUT2D eigenvalue weighted by atomic mass is 79.9. The Balaban J connectivity index is 2.26. The Bertz CT molecular complexity index is 795. The van der Waals surface area contributed by atoms with Crippen molar-refractivity contribution in [3.8, 4) is 11.4 Å². The number of imidazole rings is 1. The maximum absolute atomic E-state index is 6.09. The van der Waals surface area contributed by atoms with E-state index in [9.17, 15) is 0 Å². The van der Waals surface area contributed by atoms with Crippen LogP contribution in [0, 0.1) is 0 Å². The molecule has 0 fully saturated rings. The molecule has 2 aromatic carbocycles. The number of halogens is 2. The molecule has 0 amide bonds. The fourth-order valence-electron chi connectivity index (χ4n) is 2.27. The van der Waals surface area contributed by atoms with Crippen molar-refractivity contribution in [3.63, 3.8) is 0 Å². The third-order valence-electron chi connectivity index (χ3n) is 3.35. The number of nitrogens with zero attached hydrogens (tertiary/aromatic N) is 2. The minimum atomic E-state index is 0.525. The van der Waals surface area contributed by atoms with Gasteiger partial charge in [-0.25, -0.2) is 4.98 Å². The molecule has 0 atom stereocenters. The van der Waals surface area contributed by atoms with Crippen LogP contribution in [-0.4, -0.2) is 9.55 Å². The predicted octanol–water partition coefficient (Wildman–Crippen LogP) is 4.11. The lowest BCUT2D eigenvalue weighted by Crippen LogP contribution is -1.97. The van der Waals surface area contributed by atoms with Gasteiger partial charge in [-0.15, -0.1) is 0 Å². The quantitative estimate of drug-likeness (QED) is 0.755. The molecule has 0 bridgehead atoms. The summed E-state index contributed by atoms with van der Waals surface area (Å²) < 4.78 is 3.03. The predicted molar refractivity (Wildman–Crippen MR) is 86.8 cm³/mol. The molecule has 0 aliphatic heterocycles. The molecule has 20 heavy (non-hydrogen) atoms. The van der Waals surface area contributed by atoms with Crippen molar-refractivity contribution in [2.45, 2.75) is 6.54 Å². The summed E-state index contributed by atoms with van der Waals surface area (Å²) in [5.41, 5.74) is 9.79. The Morgan fingerprint density at radius 3 is 2.80 bits per heavy atom. The second kappa shape index (κ2) is 5.20. The number of hydrogen-bond donors (Lipinski definition) is 1. The van der Waals surface area contributed by atoms with Crippen LogP contribution < -0.4 is 5.73 Å². The first-order valence-corrected chi connectivity index (χ1v) is 7.38. The summed E-state index contributed by atoms with van der Waals surface area (Å²) >= 11 is 9.65. The van der Waals surface area contributed by atoms with Crippen molar-refractivity contribution < 1.29 is 0 Å². The number of aromatic nitrogens is 2. The zero-order chi connectivity index (χ0) is 14.3. The molecular weight excluding hydrogens is 338 g/mol. The number of benzene rings is 2. The normalized spacial score (nSPS) is 11.2. The maximum Gasteiger partial charge on any atom is 0.142 e. The van der Waals surface area contributed by atoms with Gasteiger partial charge in [-0.1, -0.05) is 33.6 Å². The summed E-state index contributed by atoms with van der Waals surface area (Å²) in [6, 6.07) is 11.8. The van der Waals surface area contributed by atoms with Gasteiger partial charge < -0.3 is 10.3 Å². The molecule has 0 radical (unpaired) electrons. The molecule has 5 heteroatoms. The molecule has 0 saturated carbocycles. The zero-order valence-electron chi connectivity index (χ0n) is 10.9. The number of aryl methyl sites for hydroxylation is 1.